The minimum Gasteiger partial charge on any atom is -0.481 e. The number of aliphatic carboxylic acids is 1. The average molecular weight is 239 g/mol. The number of nitrogens with zero attached hydrogens (tertiary/aromatic N) is 1. The molecule has 5 heteroatoms. The number of ether oxygens (including phenoxy) is 1. The van der Waals surface area contributed by atoms with Crippen LogP contribution in [-0.2, 0) is 21.4 Å². The largest absolute Gasteiger partial charge is 0.481 e. The molecule has 0 radical (unpaired) electrons. The second kappa shape index (κ2) is 4.49. The first-order valence-corrected chi connectivity index (χ1v) is 5.77. The van der Waals surface area contributed by atoms with E-state index in [0.717, 1.165) is 18.7 Å². The summed E-state index contributed by atoms with van der Waals surface area (Å²) in [4.78, 5) is 14.9. The zero-order valence-corrected chi connectivity index (χ0v) is 10.2. The molecular weight excluding hydrogens is 222 g/mol. The molecule has 0 aromatic carbocycles. The SMILES string of the molecule is Cc1nc(C2(C)CCOC2)oc1CCC(=O)O. The first-order chi connectivity index (χ1) is 8.01. The number of carbonyl (C=O) groups is 1. The Morgan fingerprint density at radius 2 is 2.35 bits per heavy atom. The molecule has 1 aromatic rings. The minimum absolute atomic E-state index is 0.0721. The van der Waals surface area contributed by atoms with Gasteiger partial charge in [-0.2, -0.15) is 0 Å². The van der Waals surface area contributed by atoms with Gasteiger partial charge in [0.2, 0.25) is 5.89 Å². The lowest BCUT2D eigenvalue weighted by atomic mass is 9.90. The highest BCUT2D eigenvalue weighted by Gasteiger charge is 2.36. The van der Waals surface area contributed by atoms with Crippen molar-refractivity contribution in [3.05, 3.63) is 17.3 Å². The van der Waals surface area contributed by atoms with Gasteiger partial charge in [-0.25, -0.2) is 4.98 Å². The van der Waals surface area contributed by atoms with Crippen molar-refractivity contribution in [1.29, 1.82) is 0 Å². The summed E-state index contributed by atoms with van der Waals surface area (Å²) in [6.07, 6.45) is 1.36. The molecule has 1 aromatic heterocycles. The number of hydrogen-bond donors (Lipinski definition) is 1. The van der Waals surface area contributed by atoms with Crippen LogP contribution in [0, 0.1) is 6.92 Å². The van der Waals surface area contributed by atoms with Crippen molar-refractivity contribution in [3.8, 4) is 0 Å². The summed E-state index contributed by atoms with van der Waals surface area (Å²) in [6, 6.07) is 0. The highest BCUT2D eigenvalue weighted by Crippen LogP contribution is 2.33. The second-order valence-electron chi connectivity index (χ2n) is 4.78. The van der Waals surface area contributed by atoms with Gasteiger partial charge in [-0.1, -0.05) is 0 Å². The fraction of sp³-hybridized carbons (Fsp3) is 0.667. The van der Waals surface area contributed by atoms with E-state index in [-0.39, 0.29) is 11.8 Å². The third-order valence-electron chi connectivity index (χ3n) is 3.19. The lowest BCUT2D eigenvalue weighted by Gasteiger charge is -2.16. The van der Waals surface area contributed by atoms with Crippen LogP contribution in [0.15, 0.2) is 4.42 Å². The van der Waals surface area contributed by atoms with E-state index in [0.29, 0.717) is 24.7 Å². The zero-order valence-electron chi connectivity index (χ0n) is 10.2. The summed E-state index contributed by atoms with van der Waals surface area (Å²) in [7, 11) is 0. The quantitative estimate of drug-likeness (QED) is 0.865. The standard InChI is InChI=1S/C12H17NO4/c1-8-9(3-4-10(14)15)17-11(13-8)12(2)5-6-16-7-12/h3-7H2,1-2H3,(H,14,15). The molecule has 94 valence electrons. The van der Waals surface area contributed by atoms with E-state index >= 15 is 0 Å². The summed E-state index contributed by atoms with van der Waals surface area (Å²) in [6.45, 7) is 5.25. The molecule has 1 aliphatic rings. The van der Waals surface area contributed by atoms with Crippen molar-refractivity contribution in [1.82, 2.24) is 4.98 Å². The molecule has 1 atom stereocenters. The number of hydrogen-bond acceptors (Lipinski definition) is 4. The maximum atomic E-state index is 10.5. The topological polar surface area (TPSA) is 72.6 Å². The molecule has 1 unspecified atom stereocenters. The van der Waals surface area contributed by atoms with Crippen LogP contribution in [0.3, 0.4) is 0 Å². The van der Waals surface area contributed by atoms with E-state index in [2.05, 4.69) is 11.9 Å². The molecule has 0 aliphatic carbocycles. The molecule has 1 N–H and O–H groups in total. The van der Waals surface area contributed by atoms with Crippen LogP contribution in [0.1, 0.15) is 37.1 Å². The third kappa shape index (κ3) is 2.49. The van der Waals surface area contributed by atoms with Gasteiger partial charge in [-0.05, 0) is 20.3 Å². The Morgan fingerprint density at radius 1 is 1.59 bits per heavy atom. The van der Waals surface area contributed by atoms with Crippen LogP contribution in [0.2, 0.25) is 0 Å². The van der Waals surface area contributed by atoms with Gasteiger partial charge in [-0.3, -0.25) is 4.79 Å². The summed E-state index contributed by atoms with van der Waals surface area (Å²) in [5.74, 6) is 0.529. The normalized spacial score (nSPS) is 24.1. The van der Waals surface area contributed by atoms with Crippen molar-refractivity contribution >= 4 is 5.97 Å². The van der Waals surface area contributed by atoms with Gasteiger partial charge in [0.1, 0.15) is 5.76 Å². The van der Waals surface area contributed by atoms with Crippen molar-refractivity contribution in [2.75, 3.05) is 13.2 Å². The van der Waals surface area contributed by atoms with E-state index < -0.39 is 5.97 Å². The van der Waals surface area contributed by atoms with E-state index in [1.807, 2.05) is 6.92 Å². The fourth-order valence-corrected chi connectivity index (χ4v) is 1.97. The van der Waals surface area contributed by atoms with Gasteiger partial charge in [0.15, 0.2) is 0 Å². The van der Waals surface area contributed by atoms with Crippen molar-refractivity contribution in [3.63, 3.8) is 0 Å². The number of oxazole rings is 1. The monoisotopic (exact) mass is 239 g/mol. The van der Waals surface area contributed by atoms with Gasteiger partial charge in [-0.15, -0.1) is 0 Å². The van der Waals surface area contributed by atoms with Crippen molar-refractivity contribution < 1.29 is 19.1 Å². The zero-order chi connectivity index (χ0) is 12.5. The molecule has 1 aliphatic heterocycles. The van der Waals surface area contributed by atoms with Gasteiger partial charge in [0.05, 0.1) is 24.1 Å². The molecule has 1 fully saturated rings. The average Bonchev–Trinajstić information content (AvgIpc) is 2.83. The molecule has 0 bridgehead atoms. The first kappa shape index (κ1) is 12.1. The first-order valence-electron chi connectivity index (χ1n) is 5.77. The Bertz CT molecular complexity index is 418. The second-order valence-corrected chi connectivity index (χ2v) is 4.78. The van der Waals surface area contributed by atoms with Crippen molar-refractivity contribution in [2.45, 2.75) is 38.5 Å². The number of rotatable bonds is 4. The van der Waals surface area contributed by atoms with Gasteiger partial charge < -0.3 is 14.3 Å². The molecule has 0 saturated carbocycles. The molecular formula is C12H17NO4. The maximum absolute atomic E-state index is 10.5. The lowest BCUT2D eigenvalue weighted by molar-refractivity contribution is -0.137. The van der Waals surface area contributed by atoms with Gasteiger partial charge >= 0.3 is 5.97 Å². The van der Waals surface area contributed by atoms with Crippen LogP contribution < -0.4 is 0 Å². The number of aromatic nitrogens is 1. The molecule has 0 spiro atoms. The smallest absolute Gasteiger partial charge is 0.303 e. The Hall–Kier alpha value is -1.36. The van der Waals surface area contributed by atoms with Crippen LogP contribution in [-0.4, -0.2) is 29.3 Å². The fourth-order valence-electron chi connectivity index (χ4n) is 1.97. The summed E-state index contributed by atoms with van der Waals surface area (Å²) >= 11 is 0. The van der Waals surface area contributed by atoms with Gasteiger partial charge in [0.25, 0.3) is 0 Å². The van der Waals surface area contributed by atoms with E-state index in [1.165, 1.54) is 0 Å². The minimum atomic E-state index is -0.822. The van der Waals surface area contributed by atoms with Crippen LogP contribution in [0.5, 0.6) is 0 Å². The Kier molecular flexibility index (Phi) is 3.19. The highest BCUT2D eigenvalue weighted by atomic mass is 16.5. The molecule has 17 heavy (non-hydrogen) atoms. The number of aryl methyl sites for hydroxylation is 2. The number of carboxylic acid groups (broad SMARTS) is 1. The lowest BCUT2D eigenvalue weighted by Crippen LogP contribution is -2.22. The van der Waals surface area contributed by atoms with Gasteiger partial charge in [0, 0.05) is 13.0 Å². The predicted octanol–water partition coefficient (Wildman–Crippen LogP) is 1.68. The van der Waals surface area contributed by atoms with Crippen LogP contribution in [0.4, 0.5) is 0 Å². The number of carboxylic acids is 1. The molecule has 2 heterocycles. The van der Waals surface area contributed by atoms with Crippen molar-refractivity contribution in [2.24, 2.45) is 0 Å². The van der Waals surface area contributed by atoms with E-state index in [4.69, 9.17) is 14.3 Å². The third-order valence-corrected chi connectivity index (χ3v) is 3.19. The molecule has 0 amide bonds. The van der Waals surface area contributed by atoms with E-state index in [9.17, 15) is 4.79 Å². The Labute approximate surface area is 99.8 Å². The molecule has 5 nitrogen and oxygen atoms in total. The summed E-state index contributed by atoms with van der Waals surface area (Å²) < 4.78 is 11.1. The Morgan fingerprint density at radius 3 is 2.94 bits per heavy atom. The molecule has 1 saturated heterocycles. The molecule has 2 rings (SSSR count). The van der Waals surface area contributed by atoms with E-state index in [1.54, 1.807) is 0 Å². The highest BCUT2D eigenvalue weighted by molar-refractivity contribution is 5.66. The predicted molar refractivity (Wildman–Crippen MR) is 60.0 cm³/mol. The summed E-state index contributed by atoms with van der Waals surface area (Å²) in [5, 5.41) is 8.65. The van der Waals surface area contributed by atoms with Crippen LogP contribution in [0.25, 0.3) is 0 Å². The van der Waals surface area contributed by atoms with Crippen LogP contribution >= 0.6 is 0 Å². The maximum Gasteiger partial charge on any atom is 0.303 e. The Balaban J connectivity index is 2.15. The summed E-state index contributed by atoms with van der Waals surface area (Å²) in [5.41, 5.74) is 0.626.